The van der Waals surface area contributed by atoms with Gasteiger partial charge >= 0.3 is 7.94 Å². The Balaban J connectivity index is 2.48. The van der Waals surface area contributed by atoms with Crippen molar-refractivity contribution < 1.29 is 14.0 Å². The molecular formula is C14H16N4O3P+. The van der Waals surface area contributed by atoms with E-state index in [9.17, 15) is 0 Å². The van der Waals surface area contributed by atoms with Crippen LogP contribution >= 0.6 is 7.94 Å². The van der Waals surface area contributed by atoms with Crippen molar-refractivity contribution in [3.63, 3.8) is 0 Å². The summed E-state index contributed by atoms with van der Waals surface area (Å²) in [6.07, 6.45) is 4.97. The van der Waals surface area contributed by atoms with E-state index in [2.05, 4.69) is 21.9 Å². The van der Waals surface area contributed by atoms with Crippen LogP contribution in [0.2, 0.25) is 0 Å². The van der Waals surface area contributed by atoms with E-state index < -0.39 is 7.94 Å². The lowest BCUT2D eigenvalue weighted by Crippen LogP contribution is -1.98. The van der Waals surface area contributed by atoms with Gasteiger partial charge in [-0.1, -0.05) is 11.1 Å². The number of rotatable bonds is 4. The maximum absolute atomic E-state index is 7.63. The molecule has 1 N–H and O–H groups in total. The first-order chi connectivity index (χ1) is 10.5. The highest BCUT2D eigenvalue weighted by atomic mass is 31.1. The molecule has 1 unspecified atom stereocenters. The first-order valence-electron chi connectivity index (χ1n) is 6.29. The predicted octanol–water partition coefficient (Wildman–Crippen LogP) is 2.40. The molecule has 0 amide bonds. The average molecular weight is 319 g/mol. The highest BCUT2D eigenvalue weighted by Crippen LogP contribution is 2.42. The van der Waals surface area contributed by atoms with Crippen molar-refractivity contribution in [2.24, 2.45) is 7.05 Å². The van der Waals surface area contributed by atoms with Gasteiger partial charge in [0.25, 0.3) is 5.75 Å². The van der Waals surface area contributed by atoms with Crippen LogP contribution in [0.5, 0.6) is 17.2 Å². The van der Waals surface area contributed by atoms with Crippen molar-refractivity contribution in [1.82, 2.24) is 14.8 Å². The molecule has 0 aromatic carbocycles. The van der Waals surface area contributed by atoms with E-state index in [0.29, 0.717) is 22.9 Å². The Hall–Kier alpha value is -2.58. The molecule has 2 aromatic heterocycles. The minimum absolute atomic E-state index is 0.346. The Morgan fingerprint density at radius 1 is 1.18 bits per heavy atom. The molecule has 1 atom stereocenters. The van der Waals surface area contributed by atoms with Gasteiger partial charge in [0.05, 0.1) is 32.2 Å². The fourth-order valence-corrected chi connectivity index (χ4v) is 2.17. The minimum atomic E-state index is -1.38. The molecule has 0 fully saturated rings. The SMILES string of the molecule is COc1cnc(C#Cc2cnn(C)c2)c(OC)c1O[P+](C)=N. The maximum atomic E-state index is 7.63. The lowest BCUT2D eigenvalue weighted by Gasteiger charge is -2.09. The van der Waals surface area contributed by atoms with Crippen LogP contribution in [0.15, 0.2) is 18.6 Å². The molecule has 0 aliphatic rings. The molecule has 2 aromatic rings. The molecule has 114 valence electrons. The number of hydrogen-bond acceptors (Lipinski definition) is 6. The van der Waals surface area contributed by atoms with Crippen LogP contribution in [0, 0.1) is 17.0 Å². The van der Waals surface area contributed by atoms with Crippen LogP contribution in [0.25, 0.3) is 0 Å². The molecular weight excluding hydrogens is 303 g/mol. The van der Waals surface area contributed by atoms with Crippen LogP contribution < -0.4 is 14.0 Å². The van der Waals surface area contributed by atoms with E-state index in [1.807, 2.05) is 7.05 Å². The van der Waals surface area contributed by atoms with Crippen molar-refractivity contribution in [2.75, 3.05) is 20.9 Å². The topological polar surface area (TPSA) is 82.2 Å². The highest BCUT2D eigenvalue weighted by molar-refractivity contribution is 7.39. The number of aromatic nitrogens is 3. The van der Waals surface area contributed by atoms with Gasteiger partial charge in [0, 0.05) is 13.2 Å². The van der Waals surface area contributed by atoms with Crippen LogP contribution in [-0.2, 0) is 7.05 Å². The summed E-state index contributed by atoms with van der Waals surface area (Å²) in [5.41, 5.74) is 1.18. The van der Waals surface area contributed by atoms with Gasteiger partial charge in [0.2, 0.25) is 5.75 Å². The lowest BCUT2D eigenvalue weighted by molar-refractivity contribution is 0.364. The summed E-state index contributed by atoms with van der Waals surface area (Å²) in [5.74, 6) is 7.00. The zero-order valence-electron chi connectivity index (χ0n) is 12.7. The molecule has 0 saturated heterocycles. The van der Waals surface area contributed by atoms with E-state index in [1.165, 1.54) is 20.4 Å². The Morgan fingerprint density at radius 3 is 2.50 bits per heavy atom. The first kappa shape index (κ1) is 15.8. The smallest absolute Gasteiger partial charge is 0.411 e. The quantitative estimate of drug-likeness (QED) is 0.691. The summed E-state index contributed by atoms with van der Waals surface area (Å²) >= 11 is 0. The summed E-state index contributed by atoms with van der Waals surface area (Å²) in [7, 11) is 3.45. The number of nitrogens with zero attached hydrogens (tertiary/aromatic N) is 3. The number of nitrogens with one attached hydrogen (secondary N) is 1. The first-order valence-corrected chi connectivity index (χ1v) is 8.00. The second-order valence-corrected chi connectivity index (χ2v) is 5.46. The molecule has 2 rings (SSSR count). The number of aryl methyl sites for hydroxylation is 1. The van der Waals surface area contributed by atoms with Gasteiger partial charge in [0.15, 0.2) is 18.1 Å². The fourth-order valence-electron chi connectivity index (χ4n) is 1.72. The second-order valence-electron chi connectivity index (χ2n) is 4.28. The van der Waals surface area contributed by atoms with Gasteiger partial charge < -0.3 is 9.47 Å². The predicted molar refractivity (Wildman–Crippen MR) is 82.7 cm³/mol. The van der Waals surface area contributed by atoms with Crippen molar-refractivity contribution >= 4 is 7.94 Å². The molecule has 7 nitrogen and oxygen atoms in total. The van der Waals surface area contributed by atoms with Crippen molar-refractivity contribution in [3.05, 3.63) is 29.8 Å². The van der Waals surface area contributed by atoms with Gasteiger partial charge in [0.1, 0.15) is 0 Å². The molecule has 2 heterocycles. The van der Waals surface area contributed by atoms with Crippen LogP contribution in [0.4, 0.5) is 0 Å². The standard InChI is InChI=1S/C14H16N4O3P/c1-18-9-10(7-17-18)5-6-11-13(20-3)14(21-22(4)15)12(19-2)8-16-11/h7-9,15H,1-4H3/q+1. The largest absolute Gasteiger partial charge is 0.491 e. The monoisotopic (exact) mass is 319 g/mol. The van der Waals surface area contributed by atoms with Crippen LogP contribution in [0.1, 0.15) is 11.3 Å². The Labute approximate surface area is 129 Å². The van der Waals surface area contributed by atoms with Gasteiger partial charge in [-0.3, -0.25) is 9.21 Å². The van der Waals surface area contributed by atoms with Gasteiger partial charge in [-0.05, 0) is 5.92 Å². The number of hydrogen-bond donors (Lipinski definition) is 1. The van der Waals surface area contributed by atoms with Gasteiger partial charge in [-0.15, -0.1) is 0 Å². The second kappa shape index (κ2) is 6.92. The maximum Gasteiger partial charge on any atom is 0.411 e. The van der Waals surface area contributed by atoms with Crippen molar-refractivity contribution in [1.29, 1.82) is 5.16 Å². The van der Waals surface area contributed by atoms with Gasteiger partial charge in [-0.2, -0.15) is 5.10 Å². The molecule has 0 aliphatic carbocycles. The van der Waals surface area contributed by atoms with E-state index in [-0.39, 0.29) is 0 Å². The zero-order chi connectivity index (χ0) is 16.1. The van der Waals surface area contributed by atoms with Crippen molar-refractivity contribution in [2.45, 2.75) is 0 Å². The summed E-state index contributed by atoms with van der Waals surface area (Å²) in [6, 6.07) is 0. The number of ether oxygens (including phenoxy) is 2. The zero-order valence-corrected chi connectivity index (χ0v) is 13.6. The number of pyridine rings is 1. The summed E-state index contributed by atoms with van der Waals surface area (Å²) in [5, 5.41) is 11.7. The third kappa shape index (κ3) is 3.54. The van der Waals surface area contributed by atoms with Crippen LogP contribution in [0.3, 0.4) is 0 Å². The molecule has 0 radical (unpaired) electrons. The van der Waals surface area contributed by atoms with Crippen LogP contribution in [-0.4, -0.2) is 35.6 Å². The lowest BCUT2D eigenvalue weighted by atomic mass is 10.2. The Kier molecular flexibility index (Phi) is 4.97. The number of methoxy groups -OCH3 is 2. The van der Waals surface area contributed by atoms with E-state index in [1.54, 1.807) is 23.7 Å². The fraction of sp³-hybridized carbons (Fsp3) is 0.286. The Morgan fingerprint density at radius 2 is 1.95 bits per heavy atom. The normalized spacial score (nSPS) is 10.5. The van der Waals surface area contributed by atoms with Crippen molar-refractivity contribution in [3.8, 4) is 29.1 Å². The van der Waals surface area contributed by atoms with E-state index in [0.717, 1.165) is 5.56 Å². The average Bonchev–Trinajstić information content (AvgIpc) is 2.90. The Bertz CT molecular complexity index is 761. The molecule has 8 heteroatoms. The summed E-state index contributed by atoms with van der Waals surface area (Å²) in [4.78, 5) is 4.23. The molecule has 0 saturated carbocycles. The van der Waals surface area contributed by atoms with E-state index >= 15 is 0 Å². The summed E-state index contributed by atoms with van der Waals surface area (Å²) < 4.78 is 17.7. The molecule has 0 bridgehead atoms. The minimum Gasteiger partial charge on any atom is -0.491 e. The summed E-state index contributed by atoms with van der Waals surface area (Å²) in [6.45, 7) is 1.66. The van der Waals surface area contributed by atoms with E-state index in [4.69, 9.17) is 19.2 Å². The molecule has 0 spiro atoms. The third-order valence-electron chi connectivity index (χ3n) is 2.64. The molecule has 22 heavy (non-hydrogen) atoms. The third-order valence-corrected chi connectivity index (χ3v) is 3.09. The highest BCUT2D eigenvalue weighted by Gasteiger charge is 2.22. The molecule has 0 aliphatic heterocycles. The van der Waals surface area contributed by atoms with Gasteiger partial charge in [-0.25, -0.2) is 4.98 Å².